The van der Waals surface area contributed by atoms with E-state index in [-0.39, 0.29) is 0 Å². The third-order valence-electron chi connectivity index (χ3n) is 2.14. The molecule has 13 heavy (non-hydrogen) atoms. The highest BCUT2D eigenvalue weighted by Gasteiger charge is 2.01. The highest BCUT2D eigenvalue weighted by atomic mass is 14.1. The van der Waals surface area contributed by atoms with Gasteiger partial charge in [0, 0.05) is 0 Å². The zero-order valence-electron chi connectivity index (χ0n) is 7.48. The zero-order chi connectivity index (χ0) is 8.93. The third-order valence-corrected chi connectivity index (χ3v) is 2.14. The Hall–Kier alpha value is -1.56. The fourth-order valence-corrected chi connectivity index (χ4v) is 1.44. The molecule has 0 atom stereocenters. The van der Waals surface area contributed by atoms with Crippen molar-refractivity contribution in [3.05, 3.63) is 71.9 Å². The smallest absolute Gasteiger partial charge is 0.00884 e. The van der Waals surface area contributed by atoms with Crippen LogP contribution < -0.4 is 0 Å². The predicted molar refractivity (Wildman–Crippen MR) is 57.3 cm³/mol. The van der Waals surface area contributed by atoms with Gasteiger partial charge in [-0.25, -0.2) is 0 Å². The maximum atomic E-state index is 2.18. The van der Waals surface area contributed by atoms with Crippen molar-refractivity contribution in [2.24, 2.45) is 0 Å². The van der Waals surface area contributed by atoms with Crippen molar-refractivity contribution in [1.29, 1.82) is 0 Å². The molecule has 2 aliphatic carbocycles. The molecule has 0 N–H and O–H groups in total. The van der Waals surface area contributed by atoms with Crippen LogP contribution in [0.3, 0.4) is 0 Å². The molecular formula is C13H12. The van der Waals surface area contributed by atoms with Gasteiger partial charge in [0.05, 0.1) is 0 Å². The predicted octanol–water partition coefficient (Wildman–Crippen LogP) is 3.48. The zero-order valence-corrected chi connectivity index (χ0v) is 7.48. The quantitative estimate of drug-likeness (QED) is 0.519. The first-order valence-electron chi connectivity index (χ1n) is 4.54. The molecule has 0 aromatic heterocycles. The topological polar surface area (TPSA) is 0 Å². The van der Waals surface area contributed by atoms with Crippen LogP contribution in [-0.2, 0) is 0 Å². The van der Waals surface area contributed by atoms with Crippen LogP contribution in [0.25, 0.3) is 0 Å². The van der Waals surface area contributed by atoms with E-state index in [0.717, 1.165) is 6.42 Å². The van der Waals surface area contributed by atoms with E-state index >= 15 is 0 Å². The van der Waals surface area contributed by atoms with Crippen LogP contribution in [0.1, 0.15) is 6.42 Å². The molecule has 0 heteroatoms. The highest BCUT2D eigenvalue weighted by molar-refractivity contribution is 5.48. The third kappa shape index (κ3) is 1.97. The molecule has 2 rings (SSSR count). The minimum absolute atomic E-state index is 1.04. The van der Waals surface area contributed by atoms with Crippen molar-refractivity contribution in [2.45, 2.75) is 6.42 Å². The summed E-state index contributed by atoms with van der Waals surface area (Å²) in [6.45, 7) is 0. The van der Waals surface area contributed by atoms with Crippen molar-refractivity contribution < 1.29 is 0 Å². The van der Waals surface area contributed by atoms with Crippen LogP contribution in [0.2, 0.25) is 0 Å². The number of allylic oxidation sites excluding steroid dienone is 12. The molecule has 0 saturated carbocycles. The second-order valence-electron chi connectivity index (χ2n) is 3.08. The van der Waals surface area contributed by atoms with Gasteiger partial charge in [-0.15, -0.1) is 0 Å². The molecular weight excluding hydrogens is 156 g/mol. The van der Waals surface area contributed by atoms with E-state index in [1.165, 1.54) is 11.1 Å². The molecule has 0 nitrogen and oxygen atoms in total. The Morgan fingerprint density at radius 3 is 2.62 bits per heavy atom. The van der Waals surface area contributed by atoms with Gasteiger partial charge in [-0.05, 0) is 17.6 Å². The molecule has 0 radical (unpaired) electrons. The van der Waals surface area contributed by atoms with E-state index in [1.807, 2.05) is 12.2 Å². The molecule has 2 aliphatic rings. The van der Waals surface area contributed by atoms with E-state index in [9.17, 15) is 0 Å². The molecule has 0 saturated heterocycles. The fourth-order valence-electron chi connectivity index (χ4n) is 1.44. The lowest BCUT2D eigenvalue weighted by Crippen LogP contribution is -1.88. The Morgan fingerprint density at radius 2 is 1.62 bits per heavy atom. The van der Waals surface area contributed by atoms with Gasteiger partial charge in [-0.1, -0.05) is 60.8 Å². The highest BCUT2D eigenvalue weighted by Crippen LogP contribution is 2.21. The van der Waals surface area contributed by atoms with Gasteiger partial charge in [0.2, 0.25) is 0 Å². The first-order chi connectivity index (χ1) is 6.47. The lowest BCUT2D eigenvalue weighted by molar-refractivity contribution is 1.22. The average molecular weight is 168 g/mol. The van der Waals surface area contributed by atoms with Crippen LogP contribution in [0.4, 0.5) is 0 Å². The summed E-state index contributed by atoms with van der Waals surface area (Å²) in [6, 6.07) is 0. The molecule has 0 aromatic rings. The van der Waals surface area contributed by atoms with Crippen LogP contribution in [-0.4, -0.2) is 0 Å². The number of hydrogen-bond acceptors (Lipinski definition) is 0. The van der Waals surface area contributed by atoms with Gasteiger partial charge >= 0.3 is 0 Å². The van der Waals surface area contributed by atoms with Crippen LogP contribution in [0.15, 0.2) is 71.9 Å². The van der Waals surface area contributed by atoms with Crippen molar-refractivity contribution in [2.75, 3.05) is 0 Å². The molecule has 64 valence electrons. The lowest BCUT2D eigenvalue weighted by atomic mass is 9.97. The van der Waals surface area contributed by atoms with Gasteiger partial charge in [0.25, 0.3) is 0 Å². The SMILES string of the molecule is C1=CC=CC2=CC=CCC2=CC=C1. The van der Waals surface area contributed by atoms with Crippen molar-refractivity contribution in [3.8, 4) is 0 Å². The van der Waals surface area contributed by atoms with Gasteiger partial charge < -0.3 is 0 Å². The summed E-state index contributed by atoms with van der Waals surface area (Å²) < 4.78 is 0. The number of fused-ring (bicyclic) bond motifs is 1. The second kappa shape index (κ2) is 3.90. The van der Waals surface area contributed by atoms with E-state index in [2.05, 4.69) is 48.6 Å². The summed E-state index contributed by atoms with van der Waals surface area (Å²) in [7, 11) is 0. The lowest BCUT2D eigenvalue weighted by Gasteiger charge is -2.08. The summed E-state index contributed by atoms with van der Waals surface area (Å²) in [6.07, 6.45) is 22.1. The van der Waals surface area contributed by atoms with E-state index in [4.69, 9.17) is 0 Å². The molecule has 0 aliphatic heterocycles. The van der Waals surface area contributed by atoms with Gasteiger partial charge in [-0.2, -0.15) is 0 Å². The van der Waals surface area contributed by atoms with E-state index in [1.54, 1.807) is 0 Å². The number of rotatable bonds is 0. The molecule has 0 heterocycles. The second-order valence-corrected chi connectivity index (χ2v) is 3.08. The molecule has 0 unspecified atom stereocenters. The summed E-state index contributed by atoms with van der Waals surface area (Å²) in [5.74, 6) is 0. The van der Waals surface area contributed by atoms with Crippen molar-refractivity contribution >= 4 is 0 Å². The Kier molecular flexibility index (Phi) is 2.42. The summed E-state index contributed by atoms with van der Waals surface area (Å²) >= 11 is 0. The first-order valence-corrected chi connectivity index (χ1v) is 4.54. The van der Waals surface area contributed by atoms with Gasteiger partial charge in [-0.3, -0.25) is 0 Å². The largest absolute Gasteiger partial charge is 0.0801 e. The fraction of sp³-hybridized carbons (Fsp3) is 0.0769. The van der Waals surface area contributed by atoms with Gasteiger partial charge in [0.1, 0.15) is 0 Å². The van der Waals surface area contributed by atoms with Gasteiger partial charge in [0.15, 0.2) is 0 Å². The minimum Gasteiger partial charge on any atom is -0.0801 e. The maximum absolute atomic E-state index is 2.18. The van der Waals surface area contributed by atoms with Crippen molar-refractivity contribution in [1.82, 2.24) is 0 Å². The first kappa shape index (κ1) is 8.06. The number of hydrogen-bond donors (Lipinski definition) is 0. The molecule has 0 bridgehead atoms. The average Bonchev–Trinajstić information content (AvgIpc) is 2.28. The Morgan fingerprint density at radius 1 is 0.769 bits per heavy atom. The van der Waals surface area contributed by atoms with E-state index < -0.39 is 0 Å². The van der Waals surface area contributed by atoms with Crippen LogP contribution in [0, 0.1) is 0 Å². The summed E-state index contributed by atoms with van der Waals surface area (Å²) in [5, 5.41) is 0. The maximum Gasteiger partial charge on any atom is -0.00884 e. The minimum atomic E-state index is 1.04. The van der Waals surface area contributed by atoms with Crippen LogP contribution >= 0.6 is 0 Å². The summed E-state index contributed by atoms with van der Waals surface area (Å²) in [4.78, 5) is 0. The van der Waals surface area contributed by atoms with Crippen molar-refractivity contribution in [3.63, 3.8) is 0 Å². The molecule has 0 aromatic carbocycles. The van der Waals surface area contributed by atoms with Crippen LogP contribution in [0.5, 0.6) is 0 Å². The Bertz CT molecular complexity index is 357. The Balaban J connectivity index is 2.39. The molecule has 0 spiro atoms. The van der Waals surface area contributed by atoms with E-state index in [0.29, 0.717) is 0 Å². The Labute approximate surface area is 79.0 Å². The molecule has 0 amide bonds. The monoisotopic (exact) mass is 168 g/mol. The summed E-state index contributed by atoms with van der Waals surface area (Å²) in [5.41, 5.74) is 2.71. The standard InChI is InChI=1S/C13H12/c1-2-4-8-12-10-6-7-11-13(12)9-5-3-1/h1-10H,11H2. The normalized spacial score (nSPS) is 19.7. The molecule has 0 fully saturated rings.